The number of hydrogen-bond donors (Lipinski definition) is 1. The van der Waals surface area contributed by atoms with Gasteiger partial charge in [0.05, 0.1) is 0 Å². The summed E-state index contributed by atoms with van der Waals surface area (Å²) < 4.78 is 52.3. The summed E-state index contributed by atoms with van der Waals surface area (Å²) in [5, 5.41) is 0. The number of aromatic nitrogens is 1. The molecule has 0 aliphatic rings. The number of sulfonamides is 1. The standard InChI is InChI=1S/C13H12F2N2O2S/c14-10-4-5-12(15)13(9-10)20(18,19)17-8-6-11-3-1-2-7-16-11/h1-5,7,9,17H,6,8H2. The molecule has 0 aliphatic heterocycles. The summed E-state index contributed by atoms with van der Waals surface area (Å²) in [4.78, 5) is 3.34. The molecule has 0 spiro atoms. The molecule has 106 valence electrons. The smallest absolute Gasteiger partial charge is 0.243 e. The van der Waals surface area contributed by atoms with Crippen molar-refractivity contribution in [2.75, 3.05) is 6.54 Å². The van der Waals surface area contributed by atoms with Crippen molar-refractivity contribution in [3.05, 3.63) is 59.9 Å². The Morgan fingerprint density at radius 3 is 2.65 bits per heavy atom. The van der Waals surface area contributed by atoms with Gasteiger partial charge < -0.3 is 0 Å². The van der Waals surface area contributed by atoms with Crippen LogP contribution in [0.3, 0.4) is 0 Å². The summed E-state index contributed by atoms with van der Waals surface area (Å²) in [5.74, 6) is -1.80. The summed E-state index contributed by atoms with van der Waals surface area (Å²) in [7, 11) is -4.08. The quantitative estimate of drug-likeness (QED) is 0.917. The fourth-order valence-corrected chi connectivity index (χ4v) is 2.74. The number of halogens is 2. The molecule has 0 atom stereocenters. The molecule has 0 fully saturated rings. The minimum atomic E-state index is -4.08. The molecular formula is C13H12F2N2O2S. The van der Waals surface area contributed by atoms with Gasteiger partial charge in [-0.2, -0.15) is 0 Å². The van der Waals surface area contributed by atoms with Crippen LogP contribution >= 0.6 is 0 Å². The molecule has 0 saturated carbocycles. The van der Waals surface area contributed by atoms with Crippen LogP contribution in [0.2, 0.25) is 0 Å². The van der Waals surface area contributed by atoms with E-state index in [4.69, 9.17) is 0 Å². The lowest BCUT2D eigenvalue weighted by Gasteiger charge is -2.07. The highest BCUT2D eigenvalue weighted by molar-refractivity contribution is 7.89. The largest absolute Gasteiger partial charge is 0.261 e. The molecule has 0 unspecified atom stereocenters. The van der Waals surface area contributed by atoms with Crippen LogP contribution in [-0.4, -0.2) is 19.9 Å². The van der Waals surface area contributed by atoms with E-state index in [2.05, 4.69) is 9.71 Å². The molecule has 0 radical (unpaired) electrons. The van der Waals surface area contributed by atoms with Gasteiger partial charge in [0.1, 0.15) is 16.5 Å². The van der Waals surface area contributed by atoms with Gasteiger partial charge in [-0.25, -0.2) is 21.9 Å². The summed E-state index contributed by atoms with van der Waals surface area (Å²) in [5.41, 5.74) is 0.704. The fourth-order valence-electron chi connectivity index (χ4n) is 1.62. The van der Waals surface area contributed by atoms with Crippen molar-refractivity contribution in [2.24, 2.45) is 0 Å². The lowest BCUT2D eigenvalue weighted by molar-refractivity contribution is 0.545. The van der Waals surface area contributed by atoms with Gasteiger partial charge in [-0.1, -0.05) is 6.07 Å². The van der Waals surface area contributed by atoms with Crippen LogP contribution in [0, 0.1) is 11.6 Å². The van der Waals surface area contributed by atoms with Gasteiger partial charge in [-0.3, -0.25) is 4.98 Å². The van der Waals surface area contributed by atoms with Crippen molar-refractivity contribution in [1.82, 2.24) is 9.71 Å². The van der Waals surface area contributed by atoms with Crippen LogP contribution in [0.1, 0.15) is 5.69 Å². The molecule has 1 heterocycles. The number of benzene rings is 1. The number of nitrogens with zero attached hydrogens (tertiary/aromatic N) is 1. The minimum Gasteiger partial charge on any atom is -0.261 e. The van der Waals surface area contributed by atoms with E-state index in [9.17, 15) is 17.2 Å². The maximum Gasteiger partial charge on any atom is 0.243 e. The maximum atomic E-state index is 13.4. The molecule has 1 aromatic carbocycles. The zero-order valence-corrected chi connectivity index (χ0v) is 11.2. The van der Waals surface area contributed by atoms with Crippen molar-refractivity contribution in [3.8, 4) is 0 Å². The third-order valence-corrected chi connectivity index (χ3v) is 4.06. The average Bonchev–Trinajstić information content (AvgIpc) is 2.42. The van der Waals surface area contributed by atoms with Crippen LogP contribution in [0.25, 0.3) is 0 Å². The van der Waals surface area contributed by atoms with Crippen LogP contribution < -0.4 is 4.72 Å². The van der Waals surface area contributed by atoms with Crippen molar-refractivity contribution in [3.63, 3.8) is 0 Å². The molecule has 1 N–H and O–H groups in total. The van der Waals surface area contributed by atoms with Crippen LogP contribution in [0.5, 0.6) is 0 Å². The first-order valence-electron chi connectivity index (χ1n) is 5.84. The summed E-state index contributed by atoms with van der Waals surface area (Å²) in [6.07, 6.45) is 1.95. The van der Waals surface area contributed by atoms with Crippen molar-refractivity contribution >= 4 is 10.0 Å². The van der Waals surface area contributed by atoms with E-state index >= 15 is 0 Å². The molecule has 7 heteroatoms. The first-order chi connectivity index (χ1) is 9.49. The SMILES string of the molecule is O=S(=O)(NCCc1ccccn1)c1cc(F)ccc1F. The molecule has 0 amide bonds. The van der Waals surface area contributed by atoms with Gasteiger partial charge in [0.2, 0.25) is 10.0 Å². The van der Waals surface area contributed by atoms with E-state index in [0.29, 0.717) is 18.2 Å². The van der Waals surface area contributed by atoms with Crippen LogP contribution in [-0.2, 0) is 16.4 Å². The number of nitrogens with one attached hydrogen (secondary N) is 1. The third kappa shape index (κ3) is 3.58. The van der Waals surface area contributed by atoms with E-state index in [-0.39, 0.29) is 6.54 Å². The Bertz CT molecular complexity index is 691. The lowest BCUT2D eigenvalue weighted by Crippen LogP contribution is -2.27. The van der Waals surface area contributed by atoms with E-state index in [0.717, 1.165) is 12.1 Å². The molecule has 0 aliphatic carbocycles. The number of rotatable bonds is 5. The van der Waals surface area contributed by atoms with Gasteiger partial charge in [0, 0.05) is 24.9 Å². The molecular weight excluding hydrogens is 286 g/mol. The molecule has 2 rings (SSSR count). The molecule has 4 nitrogen and oxygen atoms in total. The highest BCUT2D eigenvalue weighted by atomic mass is 32.2. The maximum absolute atomic E-state index is 13.4. The highest BCUT2D eigenvalue weighted by Crippen LogP contribution is 2.15. The predicted molar refractivity (Wildman–Crippen MR) is 69.5 cm³/mol. The third-order valence-electron chi connectivity index (χ3n) is 2.58. The first-order valence-corrected chi connectivity index (χ1v) is 7.32. The lowest BCUT2D eigenvalue weighted by atomic mass is 10.3. The van der Waals surface area contributed by atoms with E-state index in [1.165, 1.54) is 0 Å². The Balaban J connectivity index is 2.06. The second-order valence-electron chi connectivity index (χ2n) is 4.04. The molecule has 20 heavy (non-hydrogen) atoms. The number of pyridine rings is 1. The second kappa shape index (κ2) is 6.06. The Labute approximate surface area is 115 Å². The van der Waals surface area contributed by atoms with Crippen LogP contribution in [0.15, 0.2) is 47.5 Å². The molecule has 2 aromatic rings. The zero-order valence-electron chi connectivity index (χ0n) is 10.4. The summed E-state index contributed by atoms with van der Waals surface area (Å²) >= 11 is 0. The minimum absolute atomic E-state index is 0.0509. The Morgan fingerprint density at radius 1 is 1.15 bits per heavy atom. The fraction of sp³-hybridized carbons (Fsp3) is 0.154. The predicted octanol–water partition coefficient (Wildman–Crippen LogP) is 1.88. The van der Waals surface area contributed by atoms with Gasteiger partial charge in [0.25, 0.3) is 0 Å². The number of hydrogen-bond acceptors (Lipinski definition) is 3. The zero-order chi connectivity index (χ0) is 14.6. The Kier molecular flexibility index (Phi) is 4.41. The average molecular weight is 298 g/mol. The van der Waals surface area contributed by atoms with Crippen molar-refractivity contribution in [2.45, 2.75) is 11.3 Å². The van der Waals surface area contributed by atoms with Gasteiger partial charge >= 0.3 is 0 Å². The summed E-state index contributed by atoms with van der Waals surface area (Å²) in [6, 6.07) is 7.57. The monoisotopic (exact) mass is 298 g/mol. The summed E-state index contributed by atoms with van der Waals surface area (Å²) in [6.45, 7) is 0.0509. The second-order valence-corrected chi connectivity index (χ2v) is 5.78. The normalized spacial score (nSPS) is 11.5. The van der Waals surface area contributed by atoms with E-state index in [1.54, 1.807) is 24.4 Å². The van der Waals surface area contributed by atoms with Gasteiger partial charge in [-0.05, 0) is 30.3 Å². The highest BCUT2D eigenvalue weighted by Gasteiger charge is 2.19. The molecule has 0 saturated heterocycles. The molecule has 0 bridgehead atoms. The van der Waals surface area contributed by atoms with Crippen molar-refractivity contribution < 1.29 is 17.2 Å². The first kappa shape index (κ1) is 14.5. The van der Waals surface area contributed by atoms with Crippen LogP contribution in [0.4, 0.5) is 8.78 Å². The van der Waals surface area contributed by atoms with Gasteiger partial charge in [-0.15, -0.1) is 0 Å². The van der Waals surface area contributed by atoms with E-state index in [1.807, 2.05) is 0 Å². The van der Waals surface area contributed by atoms with E-state index < -0.39 is 26.6 Å². The van der Waals surface area contributed by atoms with Crippen molar-refractivity contribution in [1.29, 1.82) is 0 Å². The Morgan fingerprint density at radius 2 is 1.95 bits per heavy atom. The Hall–Kier alpha value is -1.86. The topological polar surface area (TPSA) is 59.1 Å². The molecule has 1 aromatic heterocycles. The van der Waals surface area contributed by atoms with Gasteiger partial charge in [0.15, 0.2) is 0 Å².